The van der Waals surface area contributed by atoms with Gasteiger partial charge in [0.15, 0.2) is 11.5 Å². The molecule has 3 N–H and O–H groups in total. The molecule has 3 heterocycles. The number of benzene rings is 3. The summed E-state index contributed by atoms with van der Waals surface area (Å²) < 4.78 is 17.2. The highest BCUT2D eigenvalue weighted by Crippen LogP contribution is 2.39. The molecule has 2 aliphatic rings. The minimum atomic E-state index is -0.460. The first-order valence-electron chi connectivity index (χ1n) is 13.0. The maximum absolute atomic E-state index is 13.5. The number of para-hydroxylation sites is 1. The number of nitrogens with zero attached hydrogens (tertiary/aromatic N) is 1. The fourth-order valence-electron chi connectivity index (χ4n) is 5.17. The van der Waals surface area contributed by atoms with Gasteiger partial charge in [0.05, 0.1) is 31.4 Å². The second-order valence-corrected chi connectivity index (χ2v) is 9.61. The van der Waals surface area contributed by atoms with Gasteiger partial charge in [-0.25, -0.2) is 0 Å². The van der Waals surface area contributed by atoms with Gasteiger partial charge in [0, 0.05) is 35.9 Å². The Kier molecular flexibility index (Phi) is 6.90. The summed E-state index contributed by atoms with van der Waals surface area (Å²) in [5.41, 5.74) is 5.45. The van der Waals surface area contributed by atoms with Crippen LogP contribution in [-0.4, -0.2) is 68.2 Å². The minimum Gasteiger partial charge on any atom is -0.486 e. The van der Waals surface area contributed by atoms with Gasteiger partial charge in [-0.15, -0.1) is 0 Å². The first-order valence-corrected chi connectivity index (χ1v) is 13.0. The summed E-state index contributed by atoms with van der Waals surface area (Å²) in [4.78, 5) is 19.1. The molecule has 4 aromatic rings. The summed E-state index contributed by atoms with van der Waals surface area (Å²) in [6.45, 7) is 3.83. The van der Waals surface area contributed by atoms with Gasteiger partial charge >= 0.3 is 0 Å². The predicted octanol–water partition coefficient (Wildman–Crippen LogP) is 3.78. The lowest BCUT2D eigenvalue weighted by Gasteiger charge is -2.29. The number of anilines is 1. The largest absolute Gasteiger partial charge is 0.486 e. The van der Waals surface area contributed by atoms with Crippen molar-refractivity contribution in [2.75, 3.05) is 51.0 Å². The molecule has 0 radical (unpaired) electrons. The molecule has 0 aliphatic carbocycles. The molecular formula is C30H31N3O5. The van der Waals surface area contributed by atoms with E-state index in [-0.39, 0.29) is 12.5 Å². The number of H-pyrrole nitrogens is 1. The summed E-state index contributed by atoms with van der Waals surface area (Å²) >= 11 is 0. The topological polar surface area (TPSA) is 96.1 Å². The van der Waals surface area contributed by atoms with E-state index in [4.69, 9.17) is 14.2 Å². The van der Waals surface area contributed by atoms with E-state index in [0.717, 1.165) is 59.6 Å². The maximum atomic E-state index is 13.5. The first kappa shape index (κ1) is 24.3. The average molecular weight is 514 g/mol. The molecule has 1 aromatic heterocycles. The molecule has 0 spiro atoms. The van der Waals surface area contributed by atoms with Crippen LogP contribution in [0.15, 0.2) is 66.9 Å². The van der Waals surface area contributed by atoms with Crippen LogP contribution in [0, 0.1) is 0 Å². The summed E-state index contributed by atoms with van der Waals surface area (Å²) in [6, 6.07) is 19.6. The zero-order chi connectivity index (χ0) is 25.9. The first-order chi connectivity index (χ1) is 18.7. The van der Waals surface area contributed by atoms with Crippen molar-refractivity contribution in [2.24, 2.45) is 0 Å². The smallest absolute Gasteiger partial charge is 0.255 e. The SMILES string of the molecule is O=C(N[C@@H](CO)Cc1c[nH]c2ccccc12)c1cc(-c2ccc(N3CCOCC3)cc2)cc2c1OCCO2. The minimum absolute atomic E-state index is 0.187. The fraction of sp³-hybridized carbons (Fsp3) is 0.300. The van der Waals surface area contributed by atoms with Crippen molar-refractivity contribution in [1.82, 2.24) is 10.3 Å². The molecule has 2 aliphatic heterocycles. The number of aliphatic hydroxyl groups excluding tert-OH is 1. The lowest BCUT2D eigenvalue weighted by molar-refractivity contribution is 0.0906. The number of hydrogen-bond acceptors (Lipinski definition) is 6. The molecule has 1 saturated heterocycles. The fourth-order valence-corrected chi connectivity index (χ4v) is 5.17. The Labute approximate surface area is 221 Å². The van der Waals surface area contributed by atoms with E-state index >= 15 is 0 Å². The van der Waals surface area contributed by atoms with Gasteiger partial charge < -0.3 is 34.5 Å². The van der Waals surface area contributed by atoms with Gasteiger partial charge in [-0.2, -0.15) is 0 Å². The molecule has 1 amide bonds. The highest BCUT2D eigenvalue weighted by molar-refractivity contribution is 5.99. The third-order valence-corrected chi connectivity index (χ3v) is 7.16. The van der Waals surface area contributed by atoms with E-state index in [1.807, 2.05) is 42.6 Å². The normalized spacial score (nSPS) is 15.9. The summed E-state index contributed by atoms with van der Waals surface area (Å²) in [6.07, 6.45) is 2.42. The van der Waals surface area contributed by atoms with Crippen LogP contribution in [0.4, 0.5) is 5.69 Å². The van der Waals surface area contributed by atoms with Gasteiger partial charge in [-0.1, -0.05) is 30.3 Å². The van der Waals surface area contributed by atoms with Crippen LogP contribution in [0.2, 0.25) is 0 Å². The maximum Gasteiger partial charge on any atom is 0.255 e. The number of carbonyl (C=O) groups excluding carboxylic acids is 1. The second kappa shape index (κ2) is 10.8. The van der Waals surface area contributed by atoms with Gasteiger partial charge in [0.25, 0.3) is 5.91 Å². The molecule has 8 nitrogen and oxygen atoms in total. The molecule has 0 bridgehead atoms. The van der Waals surface area contributed by atoms with Crippen LogP contribution in [0.3, 0.4) is 0 Å². The molecule has 0 unspecified atom stereocenters. The van der Waals surface area contributed by atoms with Crippen molar-refractivity contribution in [1.29, 1.82) is 0 Å². The number of amides is 1. The molecule has 8 heteroatoms. The number of hydrogen-bond donors (Lipinski definition) is 3. The molecule has 6 rings (SSSR count). The van der Waals surface area contributed by atoms with Gasteiger partial charge in [0.1, 0.15) is 13.2 Å². The molecule has 196 valence electrons. The number of ether oxygens (including phenoxy) is 3. The Morgan fingerprint density at radius 1 is 0.974 bits per heavy atom. The predicted molar refractivity (Wildman–Crippen MR) is 146 cm³/mol. The van der Waals surface area contributed by atoms with E-state index in [1.165, 1.54) is 0 Å². The number of aliphatic hydroxyl groups is 1. The quantitative estimate of drug-likeness (QED) is 0.348. The molecule has 1 fully saturated rings. The highest BCUT2D eigenvalue weighted by Gasteiger charge is 2.25. The van der Waals surface area contributed by atoms with Crippen molar-refractivity contribution >= 4 is 22.5 Å². The number of carbonyl (C=O) groups is 1. The molecule has 1 atom stereocenters. The highest BCUT2D eigenvalue weighted by atomic mass is 16.6. The van der Waals surface area contributed by atoms with E-state index < -0.39 is 6.04 Å². The van der Waals surface area contributed by atoms with Crippen LogP contribution < -0.4 is 19.7 Å². The van der Waals surface area contributed by atoms with Crippen molar-refractivity contribution in [3.05, 3.63) is 78.0 Å². The molecule has 0 saturated carbocycles. The van der Waals surface area contributed by atoms with Gasteiger partial charge in [0.2, 0.25) is 0 Å². The Bertz CT molecular complexity index is 1430. The van der Waals surface area contributed by atoms with Crippen LogP contribution in [0.25, 0.3) is 22.0 Å². The van der Waals surface area contributed by atoms with Crippen LogP contribution in [0.1, 0.15) is 15.9 Å². The van der Waals surface area contributed by atoms with Gasteiger partial charge in [-0.05, 0) is 53.4 Å². The summed E-state index contributed by atoms with van der Waals surface area (Å²) in [5.74, 6) is 0.678. The standard InChI is InChI=1S/C30H31N3O5/c34-19-23(15-22-18-31-27-4-2-1-3-25(22)27)32-30(35)26-16-21(17-28-29(26)38-14-13-37-28)20-5-7-24(8-6-20)33-9-11-36-12-10-33/h1-8,16-18,23,31,34H,9-15,19H2,(H,32,35)/t23-/m1/s1. The molecular weight excluding hydrogens is 482 g/mol. The van der Waals surface area contributed by atoms with Crippen LogP contribution >= 0.6 is 0 Å². The van der Waals surface area contributed by atoms with Crippen molar-refractivity contribution < 1.29 is 24.1 Å². The van der Waals surface area contributed by atoms with E-state index in [0.29, 0.717) is 36.7 Å². The number of aromatic amines is 1. The van der Waals surface area contributed by atoms with Crippen molar-refractivity contribution in [3.63, 3.8) is 0 Å². The Morgan fingerprint density at radius 2 is 1.76 bits per heavy atom. The van der Waals surface area contributed by atoms with Crippen LogP contribution in [0.5, 0.6) is 11.5 Å². The Balaban J connectivity index is 1.25. The van der Waals surface area contributed by atoms with E-state index in [1.54, 1.807) is 0 Å². The van der Waals surface area contributed by atoms with E-state index in [2.05, 4.69) is 39.5 Å². The van der Waals surface area contributed by atoms with Crippen molar-refractivity contribution in [2.45, 2.75) is 12.5 Å². The summed E-state index contributed by atoms with van der Waals surface area (Å²) in [7, 11) is 0. The van der Waals surface area contributed by atoms with Crippen LogP contribution in [-0.2, 0) is 11.2 Å². The number of aromatic nitrogens is 1. The summed E-state index contributed by atoms with van der Waals surface area (Å²) in [5, 5.41) is 14.2. The monoisotopic (exact) mass is 513 g/mol. The number of fused-ring (bicyclic) bond motifs is 2. The van der Waals surface area contributed by atoms with Gasteiger partial charge in [-0.3, -0.25) is 4.79 Å². The molecule has 3 aromatic carbocycles. The molecule has 38 heavy (non-hydrogen) atoms. The average Bonchev–Trinajstić information content (AvgIpc) is 3.39. The third kappa shape index (κ3) is 4.92. The Morgan fingerprint density at radius 3 is 2.58 bits per heavy atom. The lowest BCUT2D eigenvalue weighted by atomic mass is 9.99. The zero-order valence-electron chi connectivity index (χ0n) is 21.1. The number of rotatable bonds is 7. The Hall–Kier alpha value is -4.01. The third-order valence-electron chi connectivity index (χ3n) is 7.16. The van der Waals surface area contributed by atoms with E-state index in [9.17, 15) is 9.90 Å². The van der Waals surface area contributed by atoms with Crippen molar-refractivity contribution in [3.8, 4) is 22.6 Å². The second-order valence-electron chi connectivity index (χ2n) is 9.61. The zero-order valence-corrected chi connectivity index (χ0v) is 21.1. The lowest BCUT2D eigenvalue weighted by Crippen LogP contribution is -2.39. The number of morpholine rings is 1. The number of nitrogens with one attached hydrogen (secondary N) is 2.